The molecular formula is C27H33N3O3. The highest BCUT2D eigenvalue weighted by Crippen LogP contribution is 2.27. The molecule has 174 valence electrons. The maximum Gasteiger partial charge on any atom is 0.287 e. The highest BCUT2D eigenvalue weighted by Gasteiger charge is 2.23. The van der Waals surface area contributed by atoms with Crippen LogP contribution in [-0.4, -0.2) is 35.5 Å². The summed E-state index contributed by atoms with van der Waals surface area (Å²) < 4.78 is 11.4. The summed E-state index contributed by atoms with van der Waals surface area (Å²) in [5, 5.41) is 2.93. The second-order valence-electron chi connectivity index (χ2n) is 8.64. The van der Waals surface area contributed by atoms with Crippen LogP contribution in [0.5, 0.6) is 5.75 Å². The van der Waals surface area contributed by atoms with Crippen LogP contribution >= 0.6 is 0 Å². The molecule has 0 atom stereocenters. The number of pyridine rings is 1. The quantitative estimate of drug-likeness (QED) is 0.474. The van der Waals surface area contributed by atoms with Gasteiger partial charge >= 0.3 is 0 Å². The zero-order chi connectivity index (χ0) is 22.9. The van der Waals surface area contributed by atoms with Crippen LogP contribution in [0.15, 0.2) is 65.2 Å². The first kappa shape index (κ1) is 23.1. The summed E-state index contributed by atoms with van der Waals surface area (Å²) >= 11 is 0. The van der Waals surface area contributed by atoms with Crippen molar-refractivity contribution in [2.24, 2.45) is 0 Å². The number of hydrogen-bond donors (Lipinski definition) is 1. The van der Waals surface area contributed by atoms with Gasteiger partial charge in [0.25, 0.3) is 5.91 Å². The van der Waals surface area contributed by atoms with Crippen LogP contribution in [0.25, 0.3) is 0 Å². The number of hydrogen-bond acceptors (Lipinski definition) is 5. The third-order valence-electron chi connectivity index (χ3n) is 6.25. The Kier molecular flexibility index (Phi) is 8.14. The van der Waals surface area contributed by atoms with E-state index in [2.05, 4.69) is 27.3 Å². The SMILES string of the molecule is COc1cccc(CN(Cc2ccc(C(=O)NCCc3ccccn3)o2)C2CCCCC2)c1. The molecule has 0 spiro atoms. The van der Waals surface area contributed by atoms with Crippen LogP contribution in [0.3, 0.4) is 0 Å². The number of aromatic nitrogens is 1. The Hall–Kier alpha value is -3.12. The Morgan fingerprint density at radius 3 is 2.76 bits per heavy atom. The van der Waals surface area contributed by atoms with Gasteiger partial charge in [0.05, 0.1) is 13.7 Å². The Balaban J connectivity index is 1.38. The lowest BCUT2D eigenvalue weighted by Gasteiger charge is -2.34. The number of carbonyl (C=O) groups is 1. The maximum atomic E-state index is 12.5. The van der Waals surface area contributed by atoms with Crippen LogP contribution in [0.1, 0.15) is 59.7 Å². The van der Waals surface area contributed by atoms with E-state index in [4.69, 9.17) is 9.15 Å². The van der Waals surface area contributed by atoms with Crippen molar-refractivity contribution in [3.05, 3.63) is 83.6 Å². The fraction of sp³-hybridized carbons (Fsp3) is 0.407. The molecule has 1 aromatic carbocycles. The van der Waals surface area contributed by atoms with Gasteiger partial charge in [0.2, 0.25) is 0 Å². The van der Waals surface area contributed by atoms with Crippen LogP contribution in [0.4, 0.5) is 0 Å². The van der Waals surface area contributed by atoms with E-state index in [0.29, 0.717) is 31.3 Å². The summed E-state index contributed by atoms with van der Waals surface area (Å²) in [7, 11) is 1.70. The Bertz CT molecular complexity index is 1010. The fourth-order valence-electron chi connectivity index (χ4n) is 4.49. The fourth-order valence-corrected chi connectivity index (χ4v) is 4.49. The lowest BCUT2D eigenvalue weighted by atomic mass is 9.93. The molecule has 0 aliphatic heterocycles. The van der Waals surface area contributed by atoms with Crippen molar-refractivity contribution in [2.45, 2.75) is 57.7 Å². The van der Waals surface area contributed by atoms with E-state index in [1.807, 2.05) is 36.4 Å². The van der Waals surface area contributed by atoms with Gasteiger partial charge in [-0.25, -0.2) is 0 Å². The highest BCUT2D eigenvalue weighted by molar-refractivity contribution is 5.91. The number of amides is 1. The largest absolute Gasteiger partial charge is 0.497 e. The van der Waals surface area contributed by atoms with E-state index < -0.39 is 0 Å². The second-order valence-corrected chi connectivity index (χ2v) is 8.64. The van der Waals surface area contributed by atoms with E-state index in [1.54, 1.807) is 19.4 Å². The topological polar surface area (TPSA) is 67.6 Å². The lowest BCUT2D eigenvalue weighted by Crippen LogP contribution is -2.35. The molecule has 1 amide bonds. The standard InChI is InChI=1S/C27H33N3O3/c1-32-24-12-7-8-21(18-24)19-30(23-10-3-2-4-11-23)20-25-13-14-26(33-25)27(31)29-17-15-22-9-5-6-16-28-22/h5-9,12-14,16,18,23H,2-4,10-11,15,17,19-20H2,1H3,(H,29,31). The number of carbonyl (C=O) groups excluding carboxylic acids is 1. The van der Waals surface area contributed by atoms with Crippen molar-refractivity contribution in [3.63, 3.8) is 0 Å². The molecule has 2 aromatic heterocycles. The zero-order valence-corrected chi connectivity index (χ0v) is 19.3. The number of nitrogens with one attached hydrogen (secondary N) is 1. The molecule has 2 heterocycles. The van der Waals surface area contributed by atoms with Crippen molar-refractivity contribution in [3.8, 4) is 5.75 Å². The number of furan rings is 1. The summed E-state index contributed by atoms with van der Waals surface area (Å²) in [5.41, 5.74) is 2.18. The molecular weight excluding hydrogens is 414 g/mol. The van der Waals surface area contributed by atoms with Gasteiger partial charge in [-0.1, -0.05) is 37.5 Å². The third-order valence-corrected chi connectivity index (χ3v) is 6.25. The summed E-state index contributed by atoms with van der Waals surface area (Å²) in [6.45, 7) is 2.03. The molecule has 0 bridgehead atoms. The normalized spacial score (nSPS) is 14.4. The smallest absolute Gasteiger partial charge is 0.287 e. The molecule has 1 aliphatic carbocycles. The molecule has 1 fully saturated rings. The van der Waals surface area contributed by atoms with E-state index in [1.165, 1.54) is 37.7 Å². The number of benzene rings is 1. The van der Waals surface area contributed by atoms with Gasteiger partial charge in [0.15, 0.2) is 5.76 Å². The molecule has 6 heteroatoms. The summed E-state index contributed by atoms with van der Waals surface area (Å²) in [4.78, 5) is 19.3. The van der Waals surface area contributed by atoms with E-state index in [9.17, 15) is 4.79 Å². The molecule has 4 rings (SSSR count). The van der Waals surface area contributed by atoms with Crippen LogP contribution < -0.4 is 10.1 Å². The minimum atomic E-state index is -0.186. The number of nitrogens with zero attached hydrogens (tertiary/aromatic N) is 2. The maximum absolute atomic E-state index is 12.5. The minimum Gasteiger partial charge on any atom is -0.497 e. The molecule has 0 unspecified atom stereocenters. The van der Waals surface area contributed by atoms with Crippen molar-refractivity contribution in [1.82, 2.24) is 15.2 Å². The summed E-state index contributed by atoms with van der Waals surface area (Å²) in [6.07, 6.45) is 8.70. The molecule has 0 radical (unpaired) electrons. The molecule has 6 nitrogen and oxygen atoms in total. The monoisotopic (exact) mass is 447 g/mol. The molecule has 0 saturated heterocycles. The van der Waals surface area contributed by atoms with Crippen molar-refractivity contribution < 1.29 is 13.9 Å². The third kappa shape index (κ3) is 6.68. The second kappa shape index (κ2) is 11.7. The van der Waals surface area contributed by atoms with E-state index in [0.717, 1.165) is 23.7 Å². The predicted octanol–water partition coefficient (Wildman–Crippen LogP) is 4.99. The van der Waals surface area contributed by atoms with Gasteiger partial charge < -0.3 is 14.5 Å². The van der Waals surface area contributed by atoms with Gasteiger partial charge in [-0.3, -0.25) is 14.7 Å². The first-order valence-corrected chi connectivity index (χ1v) is 11.8. The lowest BCUT2D eigenvalue weighted by molar-refractivity contribution is 0.0916. The van der Waals surface area contributed by atoms with E-state index in [-0.39, 0.29) is 5.91 Å². The van der Waals surface area contributed by atoms with Crippen LogP contribution in [0.2, 0.25) is 0 Å². The van der Waals surface area contributed by atoms with Gasteiger partial charge in [-0.2, -0.15) is 0 Å². The Labute approximate surface area is 196 Å². The zero-order valence-electron chi connectivity index (χ0n) is 19.3. The predicted molar refractivity (Wildman–Crippen MR) is 128 cm³/mol. The van der Waals surface area contributed by atoms with E-state index >= 15 is 0 Å². The molecule has 1 saturated carbocycles. The van der Waals surface area contributed by atoms with Crippen LogP contribution in [0, 0.1) is 0 Å². The number of ether oxygens (including phenoxy) is 1. The summed E-state index contributed by atoms with van der Waals surface area (Å²) in [5.74, 6) is 1.86. The van der Waals surface area contributed by atoms with Crippen LogP contribution in [-0.2, 0) is 19.5 Å². The Morgan fingerprint density at radius 2 is 1.97 bits per heavy atom. The molecule has 1 N–H and O–H groups in total. The molecule has 1 aliphatic rings. The van der Waals surface area contributed by atoms with Gasteiger partial charge in [0, 0.05) is 37.4 Å². The highest BCUT2D eigenvalue weighted by atomic mass is 16.5. The number of rotatable bonds is 10. The molecule has 33 heavy (non-hydrogen) atoms. The average molecular weight is 448 g/mol. The van der Waals surface area contributed by atoms with Crippen molar-refractivity contribution in [1.29, 1.82) is 0 Å². The van der Waals surface area contributed by atoms with Gasteiger partial charge in [0.1, 0.15) is 11.5 Å². The Morgan fingerprint density at radius 1 is 1.09 bits per heavy atom. The van der Waals surface area contributed by atoms with Gasteiger partial charge in [-0.15, -0.1) is 0 Å². The number of methoxy groups -OCH3 is 1. The van der Waals surface area contributed by atoms with Crippen molar-refractivity contribution >= 4 is 5.91 Å². The minimum absolute atomic E-state index is 0.186. The van der Waals surface area contributed by atoms with Crippen molar-refractivity contribution in [2.75, 3.05) is 13.7 Å². The molecule has 3 aromatic rings. The average Bonchev–Trinajstić information content (AvgIpc) is 3.34. The first-order valence-electron chi connectivity index (χ1n) is 11.8. The first-order chi connectivity index (χ1) is 16.2. The summed E-state index contributed by atoms with van der Waals surface area (Å²) in [6, 6.07) is 18.3. The van der Waals surface area contributed by atoms with Gasteiger partial charge in [-0.05, 0) is 54.8 Å².